The summed E-state index contributed by atoms with van der Waals surface area (Å²) in [5.74, 6) is -6.11. The van der Waals surface area contributed by atoms with Crippen molar-refractivity contribution in [2.75, 3.05) is 13.2 Å². The summed E-state index contributed by atoms with van der Waals surface area (Å²) < 4.78 is 21.5. The predicted molar refractivity (Wildman–Crippen MR) is 186 cm³/mol. The van der Waals surface area contributed by atoms with Crippen LogP contribution in [-0.2, 0) is 19.1 Å². The third-order valence-corrected chi connectivity index (χ3v) is 10.9. The number of hydrogen-bond donors (Lipinski definition) is 0. The highest BCUT2D eigenvalue weighted by atomic mass is 35.5. The monoisotopic (exact) mass is 782 g/mol. The second-order valence-corrected chi connectivity index (χ2v) is 16.3. The molecule has 0 N–H and O–H groups in total. The maximum Gasteiger partial charge on any atom is 0.423 e. The van der Waals surface area contributed by atoms with E-state index in [0.29, 0.717) is 0 Å². The smallest absolute Gasteiger partial charge is 0.423 e. The van der Waals surface area contributed by atoms with Crippen LogP contribution >= 0.6 is 69.6 Å². The van der Waals surface area contributed by atoms with Crippen LogP contribution < -0.4 is 9.47 Å². The van der Waals surface area contributed by atoms with Crippen molar-refractivity contribution in [1.82, 2.24) is 0 Å². The van der Waals surface area contributed by atoms with Crippen LogP contribution in [0.2, 0.25) is 30.1 Å². The highest BCUT2D eigenvalue weighted by Gasteiger charge is 2.34. The van der Waals surface area contributed by atoms with Crippen LogP contribution in [0.4, 0.5) is 0 Å². The van der Waals surface area contributed by atoms with Crippen molar-refractivity contribution in [3.8, 4) is 11.5 Å². The molecule has 2 aliphatic carbocycles. The van der Waals surface area contributed by atoms with E-state index in [1.54, 1.807) is 0 Å². The Hall–Kier alpha value is -1.94. The molecule has 2 aromatic carbocycles. The molecular formula is C34H36Cl6O8. The molecule has 4 rings (SSSR count). The second kappa shape index (κ2) is 15.9. The number of carbonyl (C=O) groups excluding carboxylic acids is 4. The lowest BCUT2D eigenvalue weighted by Gasteiger charge is -2.34. The van der Waals surface area contributed by atoms with Crippen molar-refractivity contribution in [1.29, 1.82) is 0 Å². The zero-order chi connectivity index (χ0) is 35.6. The van der Waals surface area contributed by atoms with E-state index >= 15 is 0 Å². The Morgan fingerprint density at radius 3 is 1.31 bits per heavy atom. The van der Waals surface area contributed by atoms with Gasteiger partial charge in [0.25, 0.3) is 0 Å². The third kappa shape index (κ3) is 9.64. The first-order chi connectivity index (χ1) is 22.4. The largest absolute Gasteiger partial charge is 0.462 e. The fourth-order valence-corrected chi connectivity index (χ4v) is 7.95. The minimum absolute atomic E-state index is 0.0887. The number of ether oxygens (including phenoxy) is 4. The molecule has 0 bridgehead atoms. The number of rotatable bonds is 8. The molecule has 0 spiro atoms. The van der Waals surface area contributed by atoms with Gasteiger partial charge in [0, 0.05) is 0 Å². The van der Waals surface area contributed by atoms with Crippen LogP contribution in [0.3, 0.4) is 0 Å². The lowest BCUT2D eigenvalue weighted by atomic mass is 9.72. The minimum atomic E-state index is -1.63. The molecule has 8 nitrogen and oxygen atoms in total. The van der Waals surface area contributed by atoms with Crippen molar-refractivity contribution < 1.29 is 38.1 Å². The normalized spacial score (nSPS) is 20.0. The molecule has 0 aromatic heterocycles. The van der Waals surface area contributed by atoms with Crippen LogP contribution in [0.15, 0.2) is 12.1 Å². The van der Waals surface area contributed by atoms with Crippen LogP contribution in [0.25, 0.3) is 0 Å². The number of esters is 4. The number of halogens is 6. The Kier molecular flexibility index (Phi) is 12.9. The first-order valence-electron chi connectivity index (χ1n) is 15.5. The van der Waals surface area contributed by atoms with Gasteiger partial charge in [0.05, 0.1) is 43.3 Å². The zero-order valence-corrected chi connectivity index (χ0v) is 31.4. The molecule has 14 heteroatoms. The van der Waals surface area contributed by atoms with Crippen molar-refractivity contribution in [3.63, 3.8) is 0 Å². The average molecular weight is 785 g/mol. The van der Waals surface area contributed by atoms with Crippen LogP contribution in [0.5, 0.6) is 11.5 Å². The second-order valence-electron chi connectivity index (χ2n) is 13.9. The molecule has 48 heavy (non-hydrogen) atoms. The molecule has 0 heterocycles. The summed E-state index contributed by atoms with van der Waals surface area (Å²) in [4.78, 5) is 52.6. The average Bonchev–Trinajstić information content (AvgIpc) is 2.99. The lowest BCUT2D eigenvalue weighted by Crippen LogP contribution is -2.28. The topological polar surface area (TPSA) is 105 Å². The molecule has 2 aliphatic rings. The van der Waals surface area contributed by atoms with E-state index in [1.807, 2.05) is 0 Å². The lowest BCUT2D eigenvalue weighted by molar-refractivity contribution is -0.156. The molecule has 0 aliphatic heterocycles. The highest BCUT2D eigenvalue weighted by molar-refractivity contribution is 6.47. The van der Waals surface area contributed by atoms with E-state index in [0.717, 1.165) is 63.5 Å². The van der Waals surface area contributed by atoms with Crippen molar-refractivity contribution >= 4 is 93.5 Å². The first kappa shape index (κ1) is 38.9. The number of hydrogen-bond acceptors (Lipinski definition) is 8. The van der Waals surface area contributed by atoms with Gasteiger partial charge >= 0.3 is 23.9 Å². The van der Waals surface area contributed by atoms with Crippen molar-refractivity contribution in [3.05, 3.63) is 53.4 Å². The molecule has 0 amide bonds. The molecular weight excluding hydrogens is 749 g/mol. The van der Waals surface area contributed by atoms with E-state index < -0.39 is 46.5 Å². The summed E-state index contributed by atoms with van der Waals surface area (Å²) in [5.41, 5.74) is -0.692. The summed E-state index contributed by atoms with van der Waals surface area (Å²) in [6.07, 6.45) is 7.57. The van der Waals surface area contributed by atoms with Gasteiger partial charge in [-0.3, -0.25) is 0 Å². The quantitative estimate of drug-likeness (QED) is 0.113. The van der Waals surface area contributed by atoms with Gasteiger partial charge in [0.1, 0.15) is 11.1 Å². The first-order valence-corrected chi connectivity index (χ1v) is 17.8. The maximum absolute atomic E-state index is 13.3. The fourth-order valence-electron chi connectivity index (χ4n) is 6.52. The molecule has 2 aromatic rings. The van der Waals surface area contributed by atoms with Crippen molar-refractivity contribution in [2.45, 2.75) is 79.1 Å². The van der Waals surface area contributed by atoms with Gasteiger partial charge in [-0.15, -0.1) is 0 Å². The molecule has 2 atom stereocenters. The minimum Gasteiger partial charge on any atom is -0.462 e. The van der Waals surface area contributed by atoms with Gasteiger partial charge in [-0.1, -0.05) is 110 Å². The maximum atomic E-state index is 13.3. The Bertz CT molecular complexity index is 1490. The zero-order valence-electron chi connectivity index (χ0n) is 26.9. The Balaban J connectivity index is 1.52. The standard InChI is InChI=1S/C34H36Cl6O8/c1-33(2)9-5-7-17(13-33)15-45-29(41)23-25(39)19(35)11-21(37)27(23)47-31(43)32(44)48-28-22(38)12-20(36)26(40)24(28)30(42)46-16-18-8-6-10-34(3,4)14-18/h11-12,17-18H,5-10,13-16H2,1-4H3. The molecule has 0 saturated heterocycles. The molecule has 262 valence electrons. The van der Waals surface area contributed by atoms with Crippen LogP contribution in [-0.4, -0.2) is 37.1 Å². The molecule has 2 fully saturated rings. The van der Waals surface area contributed by atoms with Gasteiger partial charge in [0.15, 0.2) is 11.5 Å². The summed E-state index contributed by atoms with van der Waals surface area (Å²) >= 11 is 37.6. The van der Waals surface area contributed by atoms with Crippen LogP contribution in [0, 0.1) is 22.7 Å². The number of carbonyl (C=O) groups is 4. The molecule has 0 radical (unpaired) electrons. The summed E-state index contributed by atoms with van der Waals surface area (Å²) in [6.45, 7) is 8.79. The molecule has 2 unspecified atom stereocenters. The van der Waals surface area contributed by atoms with Crippen molar-refractivity contribution in [2.24, 2.45) is 22.7 Å². The van der Waals surface area contributed by atoms with Gasteiger partial charge < -0.3 is 18.9 Å². The van der Waals surface area contributed by atoms with E-state index in [9.17, 15) is 19.2 Å². The van der Waals surface area contributed by atoms with E-state index in [1.165, 1.54) is 0 Å². The Labute approximate surface area is 309 Å². The Morgan fingerprint density at radius 1 is 0.625 bits per heavy atom. The predicted octanol–water partition coefficient (Wildman–Crippen LogP) is 10.9. The SMILES string of the molecule is CC1(C)CCCC(COC(=O)c2c(Cl)c(Cl)cc(Cl)c2OC(=O)C(=O)Oc2c(Cl)cc(Cl)c(Cl)c2C(=O)OCC2CCCC(C)(C)C2)C1. The summed E-state index contributed by atoms with van der Waals surface area (Å²) in [5, 5.41) is -1.44. The summed E-state index contributed by atoms with van der Waals surface area (Å²) in [6, 6.07) is 2.27. The van der Waals surface area contributed by atoms with E-state index in [2.05, 4.69) is 27.7 Å². The van der Waals surface area contributed by atoms with E-state index in [4.69, 9.17) is 88.6 Å². The Morgan fingerprint density at radius 2 is 0.979 bits per heavy atom. The third-order valence-electron chi connectivity index (χ3n) is 8.73. The number of benzene rings is 2. The van der Waals surface area contributed by atoms with Gasteiger partial charge in [-0.25, -0.2) is 19.2 Å². The summed E-state index contributed by atoms with van der Waals surface area (Å²) in [7, 11) is 0. The van der Waals surface area contributed by atoms with E-state index in [-0.39, 0.29) is 66.0 Å². The van der Waals surface area contributed by atoms with Gasteiger partial charge in [0.2, 0.25) is 0 Å². The highest BCUT2D eigenvalue weighted by Crippen LogP contribution is 2.43. The van der Waals surface area contributed by atoms with Gasteiger partial charge in [-0.2, -0.15) is 0 Å². The fraction of sp³-hybridized carbons (Fsp3) is 0.529. The van der Waals surface area contributed by atoms with Gasteiger partial charge in [-0.05, 0) is 73.3 Å². The van der Waals surface area contributed by atoms with Crippen LogP contribution in [0.1, 0.15) is 99.8 Å². The molecule has 2 saturated carbocycles.